The van der Waals surface area contributed by atoms with Crippen LogP contribution in [0.5, 0.6) is 23.0 Å². The molecular formula is C38H42O6. The number of hydrogen-bond donors (Lipinski definition) is 4. The first kappa shape index (κ1) is 30.1. The molecule has 4 N–H and O–H groups in total. The number of aliphatic hydroxyl groups is 1. The third-order valence-electron chi connectivity index (χ3n) is 10.8. The van der Waals surface area contributed by atoms with Crippen molar-refractivity contribution in [3.8, 4) is 34.8 Å². The third kappa shape index (κ3) is 5.55. The summed E-state index contributed by atoms with van der Waals surface area (Å²) < 4.78 is 5.42. The Labute approximate surface area is 259 Å². The lowest BCUT2D eigenvalue weighted by atomic mass is 9.47. The topological polar surface area (TPSA) is 107 Å². The molecular weight excluding hydrogens is 552 g/mol. The average molecular weight is 595 g/mol. The van der Waals surface area contributed by atoms with Crippen LogP contribution in [0.4, 0.5) is 0 Å². The van der Waals surface area contributed by atoms with Crippen molar-refractivity contribution in [2.45, 2.75) is 81.1 Å². The van der Waals surface area contributed by atoms with Gasteiger partial charge in [-0.15, -0.1) is 5.92 Å². The van der Waals surface area contributed by atoms with Gasteiger partial charge in [-0.3, -0.25) is 4.79 Å². The Balaban J connectivity index is 1.46. The van der Waals surface area contributed by atoms with Crippen LogP contribution in [-0.4, -0.2) is 38.9 Å². The van der Waals surface area contributed by atoms with E-state index in [1.54, 1.807) is 24.3 Å². The van der Waals surface area contributed by atoms with E-state index in [-0.39, 0.29) is 53.6 Å². The van der Waals surface area contributed by atoms with Gasteiger partial charge in [0.2, 0.25) is 0 Å². The van der Waals surface area contributed by atoms with E-state index in [2.05, 4.69) is 24.0 Å². The van der Waals surface area contributed by atoms with Gasteiger partial charge in [-0.1, -0.05) is 61.2 Å². The van der Waals surface area contributed by atoms with Crippen LogP contribution in [0, 0.1) is 29.6 Å². The molecule has 0 aliphatic heterocycles. The molecule has 0 heterocycles. The number of phenols is 3. The lowest BCUT2D eigenvalue weighted by Crippen LogP contribution is -2.59. The van der Waals surface area contributed by atoms with Crippen molar-refractivity contribution in [3.05, 3.63) is 83.4 Å². The summed E-state index contributed by atoms with van der Waals surface area (Å²) in [6.07, 6.45) is 6.65. The Hall–Kier alpha value is -3.95. The second-order valence-corrected chi connectivity index (χ2v) is 13.2. The van der Waals surface area contributed by atoms with E-state index in [1.807, 2.05) is 30.3 Å². The predicted octanol–water partition coefficient (Wildman–Crippen LogP) is 6.78. The number of carbonyl (C=O) groups is 1. The summed E-state index contributed by atoms with van der Waals surface area (Å²) in [7, 11) is 1.51. The number of ketones is 1. The van der Waals surface area contributed by atoms with Gasteiger partial charge in [0.15, 0.2) is 23.0 Å². The number of aromatic hydroxyl groups is 3. The number of benzene rings is 3. The molecule has 44 heavy (non-hydrogen) atoms. The predicted molar refractivity (Wildman–Crippen MR) is 169 cm³/mol. The monoisotopic (exact) mass is 594 g/mol. The van der Waals surface area contributed by atoms with Crippen molar-refractivity contribution in [1.29, 1.82) is 0 Å². The van der Waals surface area contributed by atoms with Crippen LogP contribution in [0.1, 0.15) is 80.4 Å². The lowest BCUT2D eigenvalue weighted by Gasteiger charge is -2.58. The molecule has 0 spiro atoms. The maximum absolute atomic E-state index is 14.1. The zero-order chi connectivity index (χ0) is 30.9. The minimum atomic E-state index is -1.24. The first-order valence-corrected chi connectivity index (χ1v) is 15.9. The molecule has 6 rings (SSSR count). The highest BCUT2D eigenvalue weighted by molar-refractivity contribution is 5.81. The molecule has 3 aliphatic carbocycles. The first-order chi connectivity index (χ1) is 21.2. The number of rotatable bonds is 5. The van der Waals surface area contributed by atoms with Crippen LogP contribution in [0.25, 0.3) is 0 Å². The molecule has 6 atom stereocenters. The van der Waals surface area contributed by atoms with Crippen LogP contribution in [0.3, 0.4) is 0 Å². The van der Waals surface area contributed by atoms with Crippen molar-refractivity contribution in [1.82, 2.24) is 0 Å². The van der Waals surface area contributed by atoms with Crippen LogP contribution >= 0.6 is 0 Å². The molecule has 0 amide bonds. The number of methoxy groups -OCH3 is 1. The van der Waals surface area contributed by atoms with Gasteiger partial charge >= 0.3 is 0 Å². The normalized spacial score (nSPS) is 30.3. The number of hydrogen-bond acceptors (Lipinski definition) is 6. The molecule has 230 valence electrons. The van der Waals surface area contributed by atoms with E-state index in [0.29, 0.717) is 30.9 Å². The SMILES string of the molecule is COc1cc([C@@H]2CC(=O)C[C@@]3(O)CC[C@H]4CCCC[C@]4(c4ccc(O)c(O)c4)[C@@H]3CC#C[C@H]2Cc2ccccc2)ccc1O. The van der Waals surface area contributed by atoms with E-state index < -0.39 is 11.0 Å². The fourth-order valence-electron chi connectivity index (χ4n) is 8.72. The Morgan fingerprint density at radius 2 is 1.70 bits per heavy atom. The maximum Gasteiger partial charge on any atom is 0.160 e. The number of phenolic OH excluding ortho intramolecular Hbond substituents is 3. The highest BCUT2D eigenvalue weighted by Gasteiger charge is 2.58. The second-order valence-electron chi connectivity index (χ2n) is 13.2. The standard InChI is InChI=1S/C38H42O6/c1-44-35-21-27(13-15-33(35)41)31-23-30(39)24-37(43)19-17-28-11-5-6-18-38(28,29-14-16-32(40)34(42)22-29)36(37)12-7-10-26(31)20-25-8-3-2-4-9-25/h2-4,8-9,13-16,21-22,26,28,31,36,40-43H,5-6,11-12,17-20,23-24H2,1H3/t26-,28+,31+,36+,37-,38-/m0/s1. The Morgan fingerprint density at radius 1 is 0.909 bits per heavy atom. The minimum Gasteiger partial charge on any atom is -0.504 e. The average Bonchev–Trinajstić information content (AvgIpc) is 3.02. The number of ether oxygens (including phenoxy) is 1. The van der Waals surface area contributed by atoms with Crippen molar-refractivity contribution >= 4 is 5.78 Å². The van der Waals surface area contributed by atoms with Crippen molar-refractivity contribution in [2.75, 3.05) is 7.11 Å². The van der Waals surface area contributed by atoms with E-state index in [9.17, 15) is 25.2 Å². The summed E-state index contributed by atoms with van der Waals surface area (Å²) in [4.78, 5) is 14.1. The van der Waals surface area contributed by atoms with Gasteiger partial charge in [0.05, 0.1) is 12.7 Å². The Morgan fingerprint density at radius 3 is 2.48 bits per heavy atom. The van der Waals surface area contributed by atoms with E-state index in [1.165, 1.54) is 7.11 Å². The van der Waals surface area contributed by atoms with Crippen LogP contribution in [0.15, 0.2) is 66.7 Å². The molecule has 6 heteroatoms. The molecule has 0 bridgehead atoms. The molecule has 2 saturated carbocycles. The van der Waals surface area contributed by atoms with E-state index in [0.717, 1.165) is 48.8 Å². The van der Waals surface area contributed by atoms with Crippen molar-refractivity contribution < 1.29 is 30.0 Å². The zero-order valence-electron chi connectivity index (χ0n) is 25.3. The third-order valence-corrected chi connectivity index (χ3v) is 10.8. The quantitative estimate of drug-likeness (QED) is 0.192. The molecule has 0 unspecified atom stereocenters. The molecule has 0 radical (unpaired) electrons. The minimum absolute atomic E-state index is 0.00531. The maximum atomic E-state index is 14.1. The summed E-state index contributed by atoms with van der Waals surface area (Å²) in [6.45, 7) is 0. The second kappa shape index (κ2) is 12.2. The number of fused-ring (bicyclic) bond motifs is 3. The highest BCUT2D eigenvalue weighted by Crippen LogP contribution is 2.60. The van der Waals surface area contributed by atoms with Crippen molar-refractivity contribution in [2.24, 2.45) is 17.8 Å². The molecule has 0 saturated heterocycles. The van der Waals surface area contributed by atoms with Crippen LogP contribution < -0.4 is 4.74 Å². The lowest BCUT2D eigenvalue weighted by molar-refractivity contribution is -0.143. The van der Waals surface area contributed by atoms with Gasteiger partial charge in [0.25, 0.3) is 0 Å². The summed E-state index contributed by atoms with van der Waals surface area (Å²) in [5.41, 5.74) is 1.23. The molecule has 3 aliphatic rings. The van der Waals surface area contributed by atoms with Gasteiger partial charge in [0, 0.05) is 42.4 Å². The molecule has 6 nitrogen and oxygen atoms in total. The smallest absolute Gasteiger partial charge is 0.160 e. The Bertz CT molecular complexity index is 1570. The number of Topliss-reactive ketones (excluding diaryl/α,β-unsaturated/α-hetero) is 1. The summed E-state index contributed by atoms with van der Waals surface area (Å²) in [5.74, 6) is 6.77. The van der Waals surface area contributed by atoms with Gasteiger partial charge in [0.1, 0.15) is 5.78 Å². The highest BCUT2D eigenvalue weighted by atomic mass is 16.5. The van der Waals surface area contributed by atoms with Gasteiger partial charge in [-0.2, -0.15) is 0 Å². The largest absolute Gasteiger partial charge is 0.504 e. The van der Waals surface area contributed by atoms with Crippen LogP contribution in [-0.2, 0) is 16.6 Å². The van der Waals surface area contributed by atoms with Crippen molar-refractivity contribution in [3.63, 3.8) is 0 Å². The van der Waals surface area contributed by atoms with Crippen LogP contribution in [0.2, 0.25) is 0 Å². The zero-order valence-corrected chi connectivity index (χ0v) is 25.3. The molecule has 0 aromatic heterocycles. The molecule has 3 aromatic carbocycles. The first-order valence-electron chi connectivity index (χ1n) is 15.9. The van der Waals surface area contributed by atoms with Gasteiger partial charge < -0.3 is 25.2 Å². The molecule has 3 aromatic rings. The van der Waals surface area contributed by atoms with E-state index in [4.69, 9.17) is 4.74 Å². The summed E-state index contributed by atoms with van der Waals surface area (Å²) in [6, 6.07) is 20.5. The fourth-order valence-corrected chi connectivity index (χ4v) is 8.72. The summed E-state index contributed by atoms with van der Waals surface area (Å²) >= 11 is 0. The van der Waals surface area contributed by atoms with E-state index >= 15 is 0 Å². The van der Waals surface area contributed by atoms with Gasteiger partial charge in [-0.05, 0) is 79.0 Å². The van der Waals surface area contributed by atoms with Gasteiger partial charge in [-0.25, -0.2) is 0 Å². The summed E-state index contributed by atoms with van der Waals surface area (Å²) in [5, 5.41) is 43.5. The fraction of sp³-hybridized carbons (Fsp3) is 0.447. The Kier molecular flexibility index (Phi) is 8.35. The molecule has 2 fully saturated rings. The number of carbonyl (C=O) groups excluding carboxylic acids is 1.